The lowest BCUT2D eigenvalue weighted by Gasteiger charge is -2.27. The second-order valence-corrected chi connectivity index (χ2v) is 12.5. The molecule has 0 bridgehead atoms. The number of aryl methyl sites for hydroxylation is 1. The first kappa shape index (κ1) is 34.5. The van der Waals surface area contributed by atoms with Crippen LogP contribution < -0.4 is 10.6 Å². The summed E-state index contributed by atoms with van der Waals surface area (Å²) >= 11 is 8.34. The maximum absolute atomic E-state index is 14.5. The van der Waals surface area contributed by atoms with Crippen LogP contribution in [0.25, 0.3) is 5.82 Å². The van der Waals surface area contributed by atoms with Gasteiger partial charge in [-0.15, -0.1) is 5.10 Å². The van der Waals surface area contributed by atoms with Crippen molar-refractivity contribution in [1.29, 1.82) is 0 Å². The van der Waals surface area contributed by atoms with E-state index in [1.54, 1.807) is 19.1 Å². The average molecular weight is 799 g/mol. The summed E-state index contributed by atoms with van der Waals surface area (Å²) < 4.78 is 96.1. The van der Waals surface area contributed by atoms with Gasteiger partial charge in [-0.3, -0.25) is 9.59 Å². The van der Waals surface area contributed by atoms with Gasteiger partial charge in [0.1, 0.15) is 11.4 Å². The molecule has 1 atom stereocenters. The van der Waals surface area contributed by atoms with E-state index < -0.39 is 42.1 Å². The lowest BCUT2D eigenvalue weighted by Crippen LogP contribution is -2.50. The van der Waals surface area contributed by atoms with Crippen LogP contribution in [-0.4, -0.2) is 60.0 Å². The Balaban J connectivity index is 1.50. The topological polar surface area (TPSA) is 120 Å². The number of anilines is 1. The summed E-state index contributed by atoms with van der Waals surface area (Å²) in [6.45, 7) is 2.95. The van der Waals surface area contributed by atoms with E-state index in [-0.39, 0.29) is 45.7 Å². The van der Waals surface area contributed by atoms with Crippen LogP contribution >= 0.6 is 34.2 Å². The largest absolute Gasteiger partial charge is 0.437 e. The molecule has 1 fully saturated rings. The maximum atomic E-state index is 14.5. The molecule has 2 N–H and O–H groups in total. The zero-order valence-corrected chi connectivity index (χ0v) is 27.1. The third-order valence-electron chi connectivity index (χ3n) is 7.40. The van der Waals surface area contributed by atoms with Crippen molar-refractivity contribution in [3.05, 3.63) is 79.5 Å². The van der Waals surface area contributed by atoms with E-state index in [4.69, 9.17) is 11.6 Å². The maximum Gasteiger partial charge on any atom is 0.437 e. The molecule has 47 heavy (non-hydrogen) atoms. The number of nitrogens with one attached hydrogen (secondary N) is 2. The molecule has 0 radical (unpaired) electrons. The van der Waals surface area contributed by atoms with Crippen LogP contribution in [0.15, 0.2) is 42.7 Å². The second-order valence-electron chi connectivity index (χ2n) is 10.9. The standard InChI is InChI=1S/C28H23ClF7IN8O2/c1-13-8-16(37)9-18(24(46)39-14(2)15-5-6-15)22(13)40-25(47)20-10-17(42-45(20)23-19(29)4-3-7-38-23)11-44-12-21(41-43-44)26(30,27(31,32)33)28(34,35)36/h3-4,7-10,12,14-15H,5-6,11H2,1-2H3,(H,39,46)(H,40,47). The van der Waals surface area contributed by atoms with Gasteiger partial charge in [-0.05, 0) is 91.1 Å². The highest BCUT2D eigenvalue weighted by atomic mass is 127. The van der Waals surface area contributed by atoms with Gasteiger partial charge in [-0.2, -0.15) is 31.4 Å². The minimum absolute atomic E-state index is 0.0383. The van der Waals surface area contributed by atoms with E-state index >= 15 is 0 Å². The van der Waals surface area contributed by atoms with Crippen LogP contribution in [0.4, 0.5) is 36.4 Å². The molecule has 1 unspecified atom stereocenters. The van der Waals surface area contributed by atoms with Gasteiger partial charge in [-0.25, -0.2) is 18.7 Å². The summed E-state index contributed by atoms with van der Waals surface area (Å²) in [5.41, 5.74) is -7.21. The van der Waals surface area contributed by atoms with Crippen molar-refractivity contribution in [1.82, 2.24) is 35.1 Å². The fourth-order valence-corrected chi connectivity index (χ4v) is 5.76. The molecule has 4 aromatic rings. The van der Waals surface area contributed by atoms with Gasteiger partial charge in [0.2, 0.25) is 0 Å². The number of hydrogen-bond donors (Lipinski definition) is 2. The minimum atomic E-state index is -6.38. The first-order chi connectivity index (χ1) is 21.9. The Morgan fingerprint density at radius 1 is 1.09 bits per heavy atom. The highest BCUT2D eigenvalue weighted by Gasteiger charge is 2.75. The van der Waals surface area contributed by atoms with E-state index in [2.05, 4.69) is 31.0 Å². The van der Waals surface area contributed by atoms with Gasteiger partial charge in [0, 0.05) is 15.8 Å². The number of carbonyl (C=O) groups excluding carboxylic acids is 2. The molecule has 10 nitrogen and oxygen atoms in total. The number of rotatable bonds is 9. The molecule has 0 saturated heterocycles. The number of alkyl halides is 7. The van der Waals surface area contributed by atoms with Crippen LogP contribution in [0.1, 0.15) is 57.6 Å². The molecule has 5 rings (SSSR count). The highest BCUT2D eigenvalue weighted by Crippen LogP contribution is 2.52. The van der Waals surface area contributed by atoms with E-state index in [0.29, 0.717) is 16.2 Å². The summed E-state index contributed by atoms with van der Waals surface area (Å²) in [5, 5.41) is 16.0. The van der Waals surface area contributed by atoms with Crippen molar-refractivity contribution in [2.75, 3.05) is 5.32 Å². The Kier molecular flexibility index (Phi) is 9.30. The van der Waals surface area contributed by atoms with Gasteiger partial charge in [0.25, 0.3) is 11.8 Å². The fraction of sp³-hybridized carbons (Fsp3) is 0.357. The van der Waals surface area contributed by atoms with E-state index in [1.165, 1.54) is 18.3 Å². The Hall–Kier alpha value is -3.81. The van der Waals surface area contributed by atoms with E-state index in [1.807, 2.05) is 29.5 Å². The van der Waals surface area contributed by atoms with Crippen molar-refractivity contribution >= 4 is 51.7 Å². The molecule has 1 aromatic carbocycles. The summed E-state index contributed by atoms with van der Waals surface area (Å²) in [5.74, 6) is -0.902. The predicted octanol–water partition coefficient (Wildman–Crippen LogP) is 6.54. The molecule has 250 valence electrons. The predicted molar refractivity (Wildman–Crippen MR) is 162 cm³/mol. The SMILES string of the molecule is Cc1cc(I)cc(C(=O)NC(C)C2CC2)c1NC(=O)c1cc(Cn2cc(C(F)(C(F)(F)F)C(F)(F)F)nn2)nn1-c1ncccc1Cl. The summed E-state index contributed by atoms with van der Waals surface area (Å²) in [6, 6.07) is 7.36. The number of benzene rings is 1. The first-order valence-electron chi connectivity index (χ1n) is 13.8. The lowest BCUT2D eigenvalue weighted by atomic mass is 10.0. The molecular formula is C28H23ClF7IN8O2. The Morgan fingerprint density at radius 2 is 1.77 bits per heavy atom. The zero-order valence-electron chi connectivity index (χ0n) is 24.2. The van der Waals surface area contributed by atoms with Crippen LogP contribution in [-0.2, 0) is 12.2 Å². The minimum Gasteiger partial charge on any atom is -0.349 e. The number of halogens is 9. The number of amides is 2. The fourth-order valence-electron chi connectivity index (χ4n) is 4.78. The Morgan fingerprint density at radius 3 is 2.38 bits per heavy atom. The van der Waals surface area contributed by atoms with Gasteiger partial charge >= 0.3 is 18.0 Å². The van der Waals surface area contributed by atoms with Crippen LogP contribution in [0, 0.1) is 16.4 Å². The molecule has 3 aromatic heterocycles. The molecule has 1 aliphatic rings. The third-order valence-corrected chi connectivity index (χ3v) is 8.32. The molecule has 1 aliphatic carbocycles. The zero-order chi connectivity index (χ0) is 34.5. The third kappa shape index (κ3) is 6.93. The highest BCUT2D eigenvalue weighted by molar-refractivity contribution is 14.1. The van der Waals surface area contributed by atoms with E-state index in [9.17, 15) is 40.3 Å². The van der Waals surface area contributed by atoms with Crippen LogP contribution in [0.2, 0.25) is 5.02 Å². The quantitative estimate of drug-likeness (QED) is 0.147. The number of aromatic nitrogens is 6. The van der Waals surface area contributed by atoms with Crippen molar-refractivity contribution in [3.8, 4) is 5.82 Å². The smallest absolute Gasteiger partial charge is 0.349 e. The number of carbonyl (C=O) groups is 2. The van der Waals surface area contributed by atoms with Crippen molar-refractivity contribution in [2.24, 2.45) is 5.92 Å². The van der Waals surface area contributed by atoms with Gasteiger partial charge in [0.15, 0.2) is 5.82 Å². The summed E-state index contributed by atoms with van der Waals surface area (Å²) in [6.07, 6.45) is -9.28. The van der Waals surface area contributed by atoms with Gasteiger partial charge in [0.05, 0.1) is 34.7 Å². The molecule has 1 saturated carbocycles. The van der Waals surface area contributed by atoms with Crippen LogP contribution in [0.3, 0.4) is 0 Å². The first-order valence-corrected chi connectivity index (χ1v) is 15.2. The summed E-state index contributed by atoms with van der Waals surface area (Å²) in [7, 11) is 0. The molecule has 2 amide bonds. The summed E-state index contributed by atoms with van der Waals surface area (Å²) in [4.78, 5) is 31.2. The van der Waals surface area contributed by atoms with E-state index in [0.717, 1.165) is 27.2 Å². The molecular weight excluding hydrogens is 776 g/mol. The van der Waals surface area contributed by atoms with Crippen molar-refractivity contribution < 1.29 is 40.3 Å². The molecule has 0 spiro atoms. The lowest BCUT2D eigenvalue weighted by molar-refractivity contribution is -0.350. The Labute approximate surface area is 280 Å². The number of pyridine rings is 1. The Bertz CT molecular complexity index is 1820. The monoisotopic (exact) mass is 798 g/mol. The number of nitrogens with zero attached hydrogens (tertiary/aromatic N) is 6. The normalized spacial score (nSPS) is 14.6. The molecule has 3 heterocycles. The van der Waals surface area contributed by atoms with Crippen molar-refractivity contribution in [3.63, 3.8) is 0 Å². The second kappa shape index (κ2) is 12.7. The van der Waals surface area contributed by atoms with Crippen molar-refractivity contribution in [2.45, 2.75) is 57.3 Å². The number of hydrogen-bond acceptors (Lipinski definition) is 6. The molecule has 0 aliphatic heterocycles. The molecule has 19 heteroatoms. The average Bonchev–Trinajstić information content (AvgIpc) is 3.59. The van der Waals surface area contributed by atoms with Crippen LogP contribution in [0.5, 0.6) is 0 Å². The van der Waals surface area contributed by atoms with Gasteiger partial charge in [-0.1, -0.05) is 16.8 Å². The van der Waals surface area contributed by atoms with Gasteiger partial charge < -0.3 is 10.6 Å².